The first-order valence-corrected chi connectivity index (χ1v) is 12.9. The van der Waals surface area contributed by atoms with E-state index in [1.807, 2.05) is 6.07 Å². The van der Waals surface area contributed by atoms with E-state index in [1.54, 1.807) is 20.3 Å². The molecule has 2 aliphatic rings. The maximum atomic E-state index is 9.47. The number of aryl methyl sites for hydroxylation is 1. The van der Waals surface area contributed by atoms with Crippen LogP contribution in [0.4, 0.5) is 5.69 Å². The first kappa shape index (κ1) is 25.3. The second kappa shape index (κ2) is 12.8. The van der Waals surface area contributed by atoms with Crippen molar-refractivity contribution in [2.45, 2.75) is 50.7 Å². The summed E-state index contributed by atoms with van der Waals surface area (Å²) in [5, 5.41) is 9.47. The van der Waals surface area contributed by atoms with Gasteiger partial charge in [-0.1, -0.05) is 54.6 Å². The van der Waals surface area contributed by atoms with Gasteiger partial charge in [0.2, 0.25) is 0 Å². The van der Waals surface area contributed by atoms with Crippen LogP contribution in [-0.2, 0) is 22.3 Å². The van der Waals surface area contributed by atoms with Gasteiger partial charge in [-0.15, -0.1) is 0 Å². The van der Waals surface area contributed by atoms with E-state index in [-0.39, 0.29) is 6.29 Å². The number of hydrogen-bond acceptors (Lipinski definition) is 4. The molecule has 3 aromatic rings. The van der Waals surface area contributed by atoms with Gasteiger partial charge in [0.05, 0.1) is 0 Å². The lowest BCUT2D eigenvalue weighted by atomic mass is 9.80. The van der Waals surface area contributed by atoms with Gasteiger partial charge >= 0.3 is 0 Å². The number of fused-ring (bicyclic) bond motifs is 1. The SMILES string of the molecule is COC(CC1CCN(c2ccccc2)CC1)OC.Oc1ccc2c(c1)CC[C@@H](c1ccccc1)C2. The van der Waals surface area contributed by atoms with Crippen LogP contribution >= 0.6 is 0 Å². The molecule has 0 bridgehead atoms. The Bertz CT molecular complexity index is 1010. The molecular weight excluding hydrogens is 434 g/mol. The highest BCUT2D eigenvalue weighted by atomic mass is 16.7. The standard InChI is InChI=1S/C16H16O.C15H23NO2/c17-16-9-8-14-10-13(6-7-15(14)11-16)12-4-2-1-3-5-12;1-17-15(18-2)12-13-8-10-16(11-9-13)14-6-4-3-5-7-14/h1-5,8-9,11,13,17H,6-7,10H2;3-7,13,15H,8-12H2,1-2H3/t13-;/m1./s1. The van der Waals surface area contributed by atoms with E-state index in [9.17, 15) is 5.11 Å². The largest absolute Gasteiger partial charge is 0.508 e. The molecule has 1 fully saturated rings. The van der Waals surface area contributed by atoms with Crippen molar-refractivity contribution in [3.63, 3.8) is 0 Å². The fourth-order valence-corrected chi connectivity index (χ4v) is 5.38. The van der Waals surface area contributed by atoms with Gasteiger partial charge in [-0.05, 0) is 84.9 Å². The fourth-order valence-electron chi connectivity index (χ4n) is 5.38. The van der Waals surface area contributed by atoms with Crippen molar-refractivity contribution in [2.75, 3.05) is 32.2 Å². The van der Waals surface area contributed by atoms with E-state index in [1.165, 1.54) is 41.6 Å². The van der Waals surface area contributed by atoms with Crippen LogP contribution in [0.3, 0.4) is 0 Å². The summed E-state index contributed by atoms with van der Waals surface area (Å²) in [5.41, 5.74) is 5.48. The lowest BCUT2D eigenvalue weighted by molar-refractivity contribution is -0.115. The van der Waals surface area contributed by atoms with Gasteiger partial charge in [-0.2, -0.15) is 0 Å². The summed E-state index contributed by atoms with van der Waals surface area (Å²) >= 11 is 0. The van der Waals surface area contributed by atoms with E-state index < -0.39 is 0 Å². The summed E-state index contributed by atoms with van der Waals surface area (Å²) in [4.78, 5) is 2.46. The predicted molar refractivity (Wildman–Crippen MR) is 143 cm³/mol. The van der Waals surface area contributed by atoms with Crippen molar-refractivity contribution >= 4 is 5.69 Å². The van der Waals surface area contributed by atoms with E-state index in [0.29, 0.717) is 11.7 Å². The Hall–Kier alpha value is -2.82. The first-order valence-electron chi connectivity index (χ1n) is 12.9. The van der Waals surface area contributed by atoms with Crippen LogP contribution in [0.25, 0.3) is 0 Å². The Morgan fingerprint density at radius 3 is 2.14 bits per heavy atom. The lowest BCUT2D eigenvalue weighted by Gasteiger charge is -2.34. The molecule has 1 saturated heterocycles. The van der Waals surface area contributed by atoms with Crippen LogP contribution < -0.4 is 4.90 Å². The van der Waals surface area contributed by atoms with Crippen LogP contribution in [0, 0.1) is 5.92 Å². The average molecular weight is 474 g/mol. The van der Waals surface area contributed by atoms with Crippen LogP contribution in [0.2, 0.25) is 0 Å². The molecule has 1 atom stereocenters. The van der Waals surface area contributed by atoms with E-state index in [0.717, 1.165) is 38.3 Å². The molecule has 3 aromatic carbocycles. The number of anilines is 1. The highest BCUT2D eigenvalue weighted by molar-refractivity contribution is 5.46. The van der Waals surface area contributed by atoms with Gasteiger partial charge in [0.15, 0.2) is 6.29 Å². The number of piperidine rings is 1. The summed E-state index contributed by atoms with van der Waals surface area (Å²) in [6.07, 6.45) is 6.76. The number of hydrogen-bond donors (Lipinski definition) is 1. The number of para-hydroxylation sites is 1. The van der Waals surface area contributed by atoms with Crippen molar-refractivity contribution in [3.05, 3.63) is 95.6 Å². The molecule has 1 aliphatic heterocycles. The number of aromatic hydroxyl groups is 1. The van der Waals surface area contributed by atoms with Crippen LogP contribution in [0.1, 0.15) is 48.3 Å². The van der Waals surface area contributed by atoms with Gasteiger partial charge in [-0.25, -0.2) is 0 Å². The Kier molecular flexibility index (Phi) is 9.21. The Morgan fingerprint density at radius 1 is 0.829 bits per heavy atom. The number of nitrogens with zero attached hydrogens (tertiary/aromatic N) is 1. The summed E-state index contributed by atoms with van der Waals surface area (Å²) in [6.45, 7) is 2.27. The summed E-state index contributed by atoms with van der Waals surface area (Å²) in [7, 11) is 3.43. The zero-order valence-corrected chi connectivity index (χ0v) is 21.1. The normalized spacial score (nSPS) is 18.0. The highest BCUT2D eigenvalue weighted by Crippen LogP contribution is 2.34. The molecule has 35 heavy (non-hydrogen) atoms. The lowest BCUT2D eigenvalue weighted by Crippen LogP contribution is -2.35. The van der Waals surface area contributed by atoms with Gasteiger partial charge < -0.3 is 19.5 Å². The molecule has 1 aliphatic carbocycles. The number of benzene rings is 3. The van der Waals surface area contributed by atoms with Crippen LogP contribution in [0.15, 0.2) is 78.9 Å². The summed E-state index contributed by atoms with van der Waals surface area (Å²) in [5.74, 6) is 1.74. The quantitative estimate of drug-likeness (QED) is 0.411. The number of rotatable bonds is 6. The van der Waals surface area contributed by atoms with Gasteiger partial charge in [0.1, 0.15) is 5.75 Å². The van der Waals surface area contributed by atoms with Gasteiger partial charge in [-0.3, -0.25) is 0 Å². The molecule has 0 spiro atoms. The number of phenols is 1. The Balaban J connectivity index is 0.000000165. The van der Waals surface area contributed by atoms with Crippen LogP contribution in [-0.4, -0.2) is 38.7 Å². The molecule has 0 unspecified atom stereocenters. The summed E-state index contributed by atoms with van der Waals surface area (Å²) in [6, 6.07) is 27.2. The zero-order chi connectivity index (χ0) is 24.5. The number of methoxy groups -OCH3 is 2. The van der Waals surface area contributed by atoms with E-state index in [4.69, 9.17) is 9.47 Å². The fraction of sp³-hybridized carbons (Fsp3) is 0.419. The van der Waals surface area contributed by atoms with Crippen molar-refractivity contribution in [2.24, 2.45) is 5.92 Å². The van der Waals surface area contributed by atoms with Crippen molar-refractivity contribution in [1.82, 2.24) is 0 Å². The second-order valence-corrected chi connectivity index (χ2v) is 9.71. The van der Waals surface area contributed by atoms with Crippen molar-refractivity contribution in [1.29, 1.82) is 0 Å². The highest BCUT2D eigenvalue weighted by Gasteiger charge is 2.22. The molecule has 0 saturated carbocycles. The molecule has 1 N–H and O–H groups in total. The maximum absolute atomic E-state index is 9.47. The van der Waals surface area contributed by atoms with Crippen molar-refractivity contribution in [3.8, 4) is 5.75 Å². The summed E-state index contributed by atoms with van der Waals surface area (Å²) < 4.78 is 10.6. The number of phenolic OH excluding ortho intramolecular Hbond substituents is 1. The molecule has 5 rings (SSSR count). The predicted octanol–water partition coefficient (Wildman–Crippen LogP) is 6.58. The average Bonchev–Trinajstić information content (AvgIpc) is 2.93. The van der Waals surface area contributed by atoms with Gasteiger partial charge in [0, 0.05) is 39.4 Å². The first-order chi connectivity index (χ1) is 17.2. The minimum Gasteiger partial charge on any atom is -0.508 e. The molecule has 0 amide bonds. The third-order valence-corrected chi connectivity index (χ3v) is 7.48. The molecule has 0 radical (unpaired) electrons. The van der Waals surface area contributed by atoms with E-state index >= 15 is 0 Å². The molecular formula is C31H39NO3. The molecule has 4 nitrogen and oxygen atoms in total. The zero-order valence-electron chi connectivity index (χ0n) is 21.1. The van der Waals surface area contributed by atoms with Crippen LogP contribution in [0.5, 0.6) is 5.75 Å². The topological polar surface area (TPSA) is 41.9 Å². The van der Waals surface area contributed by atoms with Crippen molar-refractivity contribution < 1.29 is 14.6 Å². The minimum absolute atomic E-state index is 0.0433. The Labute approximate surface area is 210 Å². The second-order valence-electron chi connectivity index (χ2n) is 9.71. The number of ether oxygens (including phenoxy) is 2. The third kappa shape index (κ3) is 7.09. The Morgan fingerprint density at radius 2 is 1.49 bits per heavy atom. The molecule has 0 aromatic heterocycles. The molecule has 4 heteroatoms. The van der Waals surface area contributed by atoms with Gasteiger partial charge in [0.25, 0.3) is 0 Å². The van der Waals surface area contributed by atoms with E-state index in [2.05, 4.69) is 71.6 Å². The smallest absolute Gasteiger partial charge is 0.157 e. The molecule has 186 valence electrons. The maximum Gasteiger partial charge on any atom is 0.157 e. The molecule has 1 heterocycles. The minimum atomic E-state index is -0.0433. The third-order valence-electron chi connectivity index (χ3n) is 7.48. The monoisotopic (exact) mass is 473 g/mol.